The van der Waals surface area contributed by atoms with Gasteiger partial charge in [0.15, 0.2) is 0 Å². The summed E-state index contributed by atoms with van der Waals surface area (Å²) in [5, 5.41) is 16.3. The van der Waals surface area contributed by atoms with Crippen molar-refractivity contribution in [2.24, 2.45) is 5.92 Å². The summed E-state index contributed by atoms with van der Waals surface area (Å²) in [5.41, 5.74) is 6.81. The Bertz CT molecular complexity index is 882. The van der Waals surface area contributed by atoms with E-state index in [1.54, 1.807) is 13.8 Å². The van der Waals surface area contributed by atoms with Crippen LogP contribution in [0.1, 0.15) is 52.4 Å². The topological polar surface area (TPSA) is 191 Å². The molecular weight excluding hydrogens is 436 g/mol. The maximum Gasteiger partial charge on any atom is 0.374 e. The van der Waals surface area contributed by atoms with Gasteiger partial charge in [-0.1, -0.05) is 13.8 Å². The maximum absolute atomic E-state index is 13.3. The van der Waals surface area contributed by atoms with Crippen molar-refractivity contribution in [3.63, 3.8) is 0 Å². The van der Waals surface area contributed by atoms with Crippen molar-refractivity contribution in [2.75, 3.05) is 6.54 Å². The van der Waals surface area contributed by atoms with E-state index in [0.29, 0.717) is 12.6 Å². The molecule has 2 aliphatic heterocycles. The minimum absolute atomic E-state index is 0.0132. The highest BCUT2D eigenvalue weighted by Gasteiger charge is 2.45. The van der Waals surface area contributed by atoms with Crippen LogP contribution in [-0.4, -0.2) is 86.2 Å². The van der Waals surface area contributed by atoms with Crippen LogP contribution < -0.4 is 10.6 Å². The van der Waals surface area contributed by atoms with Gasteiger partial charge in [-0.25, -0.2) is 5.01 Å². The number of hydrogen-bond donors (Lipinski definition) is 4. The number of carbonyl (C=O) groups is 6. The van der Waals surface area contributed by atoms with Gasteiger partial charge in [0.2, 0.25) is 17.7 Å². The highest BCUT2D eigenvalue weighted by molar-refractivity contribution is 6.28. The molecule has 0 bridgehead atoms. The van der Waals surface area contributed by atoms with Crippen LogP contribution >= 0.6 is 0 Å². The fraction of sp³-hybridized carbons (Fsp3) is 0.650. The van der Waals surface area contributed by atoms with E-state index >= 15 is 0 Å². The Balaban J connectivity index is 2.28. The molecule has 0 aromatic heterocycles. The molecule has 33 heavy (non-hydrogen) atoms. The van der Waals surface area contributed by atoms with Gasteiger partial charge in [-0.2, -0.15) is 0 Å². The third-order valence-corrected chi connectivity index (χ3v) is 5.50. The largest absolute Gasteiger partial charge is 0.481 e. The number of aliphatic carboxylic acids is 1. The molecule has 2 aliphatic rings. The lowest BCUT2D eigenvalue weighted by molar-refractivity contribution is -0.176. The molecule has 0 aromatic rings. The molecule has 13 heteroatoms. The van der Waals surface area contributed by atoms with E-state index in [-0.39, 0.29) is 50.0 Å². The van der Waals surface area contributed by atoms with Crippen molar-refractivity contribution in [3.05, 3.63) is 0 Å². The molecule has 4 amide bonds. The van der Waals surface area contributed by atoms with Crippen LogP contribution in [0.25, 0.3) is 0 Å². The maximum atomic E-state index is 13.3. The molecule has 2 saturated heterocycles. The lowest BCUT2D eigenvalue weighted by atomic mass is 10.0. The Morgan fingerprint density at radius 3 is 2.55 bits per heavy atom. The lowest BCUT2D eigenvalue weighted by Gasteiger charge is -2.43. The van der Waals surface area contributed by atoms with E-state index in [9.17, 15) is 28.8 Å². The summed E-state index contributed by atoms with van der Waals surface area (Å²) in [6.07, 6.45) is 0.762. The van der Waals surface area contributed by atoms with Crippen molar-refractivity contribution in [3.8, 4) is 0 Å². The van der Waals surface area contributed by atoms with Gasteiger partial charge in [0.25, 0.3) is 11.7 Å². The third-order valence-electron chi connectivity index (χ3n) is 5.50. The summed E-state index contributed by atoms with van der Waals surface area (Å²) in [6, 6.07) is -3.37. The molecule has 0 saturated carbocycles. The Kier molecular flexibility index (Phi) is 8.80. The molecule has 0 unspecified atom stereocenters. The van der Waals surface area contributed by atoms with Crippen molar-refractivity contribution in [1.82, 2.24) is 20.7 Å². The van der Waals surface area contributed by atoms with Crippen LogP contribution in [0, 0.1) is 11.4 Å². The van der Waals surface area contributed by atoms with Gasteiger partial charge in [-0.3, -0.25) is 33.8 Å². The SMILES string of the molecule is CC(C)C(=O)N[C@H]1CCC(=O)N2CCC[C@@H](C(=O)N[C@@H](CCC(=O)O)C(=O)C=[N+]=N)N2C1=O. The second-order valence-corrected chi connectivity index (χ2v) is 8.27. The molecule has 4 N–H and O–H groups in total. The zero-order chi connectivity index (χ0) is 24.7. The summed E-state index contributed by atoms with van der Waals surface area (Å²) in [7, 11) is 0. The monoisotopic (exact) mass is 465 g/mol. The highest BCUT2D eigenvalue weighted by atomic mass is 16.4. The van der Waals surface area contributed by atoms with Crippen LogP contribution in [0.2, 0.25) is 0 Å². The minimum atomic E-state index is -1.26. The number of Topliss-reactive ketones (excluding diaryl/α,β-unsaturated/α-hetero) is 1. The van der Waals surface area contributed by atoms with E-state index in [1.807, 2.05) is 0 Å². The lowest BCUT2D eigenvalue weighted by Crippen LogP contribution is -2.64. The second-order valence-electron chi connectivity index (χ2n) is 8.27. The number of carbonyl (C=O) groups excluding carboxylic acids is 5. The average molecular weight is 465 g/mol. The van der Waals surface area contributed by atoms with E-state index in [1.165, 1.54) is 5.01 Å². The van der Waals surface area contributed by atoms with Gasteiger partial charge < -0.3 is 15.7 Å². The normalized spacial score (nSPS) is 21.4. The number of amides is 4. The van der Waals surface area contributed by atoms with Crippen LogP contribution in [0.5, 0.6) is 0 Å². The quantitative estimate of drug-likeness (QED) is 0.188. The zero-order valence-electron chi connectivity index (χ0n) is 18.6. The predicted octanol–water partition coefficient (Wildman–Crippen LogP) is -1.12. The molecular formula is C20H29N6O7+. The molecule has 0 radical (unpaired) electrons. The Labute approximate surface area is 190 Å². The Morgan fingerprint density at radius 2 is 1.94 bits per heavy atom. The van der Waals surface area contributed by atoms with E-state index < -0.39 is 48.1 Å². The highest BCUT2D eigenvalue weighted by Crippen LogP contribution is 2.25. The van der Waals surface area contributed by atoms with Crippen molar-refractivity contribution >= 4 is 41.6 Å². The number of hydrogen-bond acceptors (Lipinski definition) is 7. The number of ketones is 1. The fourth-order valence-electron chi connectivity index (χ4n) is 3.72. The Morgan fingerprint density at radius 1 is 1.24 bits per heavy atom. The van der Waals surface area contributed by atoms with Crippen LogP contribution in [0.15, 0.2) is 0 Å². The first-order valence-electron chi connectivity index (χ1n) is 10.8. The number of hydrazine groups is 1. The summed E-state index contributed by atoms with van der Waals surface area (Å²) in [6.45, 7) is 3.56. The van der Waals surface area contributed by atoms with Gasteiger partial charge >= 0.3 is 12.2 Å². The van der Waals surface area contributed by atoms with Crippen LogP contribution in [0.4, 0.5) is 0 Å². The first-order valence-corrected chi connectivity index (χ1v) is 10.8. The van der Waals surface area contributed by atoms with Crippen LogP contribution in [0.3, 0.4) is 0 Å². The van der Waals surface area contributed by atoms with E-state index in [0.717, 1.165) is 5.01 Å². The molecule has 13 nitrogen and oxygen atoms in total. The first-order chi connectivity index (χ1) is 15.6. The summed E-state index contributed by atoms with van der Waals surface area (Å²) < 4.78 is 0. The van der Waals surface area contributed by atoms with Gasteiger partial charge in [0.05, 0.1) is 16.4 Å². The van der Waals surface area contributed by atoms with Crippen molar-refractivity contribution in [1.29, 1.82) is 5.53 Å². The van der Waals surface area contributed by atoms with Gasteiger partial charge in [-0.15, -0.1) is 0 Å². The fourth-order valence-corrected chi connectivity index (χ4v) is 3.72. The number of carboxylic acid groups (broad SMARTS) is 1. The summed E-state index contributed by atoms with van der Waals surface area (Å²) >= 11 is 0. The average Bonchev–Trinajstić information content (AvgIpc) is 2.88. The standard InChI is InChI=1S/C20H28N6O7/c1-11(2)18(31)24-13-5-7-16(28)25-9-3-4-14(26(25)20(13)33)19(32)23-12(6-8-17(29)30)15(27)10-22-21/h10-14,21H,3-9H2,1-2H3,(H2-,23,24,29,30,31,32)/p+1/t12-,13-,14-/m0/s1. The first kappa shape index (κ1) is 25.7. The Hall–Kier alpha value is -3.60. The number of fused-ring (bicyclic) bond motifs is 1. The smallest absolute Gasteiger partial charge is 0.374 e. The molecule has 180 valence electrons. The predicted molar refractivity (Wildman–Crippen MR) is 110 cm³/mol. The molecule has 0 aromatic carbocycles. The number of carboxylic acids is 1. The summed E-state index contributed by atoms with van der Waals surface area (Å²) in [5.74, 6) is -4.37. The van der Waals surface area contributed by atoms with Crippen molar-refractivity contribution < 1.29 is 38.7 Å². The molecule has 0 spiro atoms. The number of rotatable bonds is 9. The second kappa shape index (κ2) is 11.3. The summed E-state index contributed by atoms with van der Waals surface area (Å²) in [4.78, 5) is 77.2. The van der Waals surface area contributed by atoms with E-state index in [2.05, 4.69) is 15.4 Å². The van der Waals surface area contributed by atoms with Gasteiger partial charge in [-0.05, 0) is 25.7 Å². The third kappa shape index (κ3) is 6.45. The minimum Gasteiger partial charge on any atom is -0.481 e. The molecule has 2 heterocycles. The van der Waals surface area contributed by atoms with Gasteiger partial charge in [0.1, 0.15) is 12.1 Å². The van der Waals surface area contributed by atoms with E-state index in [4.69, 9.17) is 10.6 Å². The molecule has 0 aliphatic carbocycles. The van der Waals surface area contributed by atoms with Gasteiger partial charge in [0, 0.05) is 25.3 Å². The van der Waals surface area contributed by atoms with Crippen LogP contribution in [-0.2, 0) is 28.8 Å². The van der Waals surface area contributed by atoms with Crippen molar-refractivity contribution in [2.45, 2.75) is 70.5 Å². The molecule has 3 atom stereocenters. The molecule has 2 fully saturated rings. The zero-order valence-corrected chi connectivity index (χ0v) is 18.6. The number of nitrogens with one attached hydrogen (secondary N) is 3. The number of nitrogens with zero attached hydrogens (tertiary/aromatic N) is 3. The molecule has 2 rings (SSSR count).